The van der Waals surface area contributed by atoms with Crippen molar-refractivity contribution in [3.63, 3.8) is 0 Å². The second kappa shape index (κ2) is 8.96. The van der Waals surface area contributed by atoms with Gasteiger partial charge in [-0.25, -0.2) is 0 Å². The van der Waals surface area contributed by atoms with Gasteiger partial charge in [-0.05, 0) is 43.7 Å². The molecular formula is C19H16BrN3O4. The Kier molecular flexibility index (Phi) is 6.68. The van der Waals surface area contributed by atoms with E-state index in [-0.39, 0.29) is 16.9 Å². The molecule has 0 radical (unpaired) electrons. The third-order valence-corrected chi connectivity index (χ3v) is 4.11. The number of nitro groups is 1. The Hall–Kier alpha value is -3.18. The molecule has 1 N–H and O–H groups in total. The maximum atomic E-state index is 12.5. The van der Waals surface area contributed by atoms with Gasteiger partial charge >= 0.3 is 0 Å². The second-order valence-electron chi connectivity index (χ2n) is 5.50. The molecule has 0 aliphatic carbocycles. The van der Waals surface area contributed by atoms with Gasteiger partial charge < -0.3 is 10.1 Å². The third-order valence-electron chi connectivity index (χ3n) is 3.62. The molecule has 0 aromatic heterocycles. The van der Waals surface area contributed by atoms with E-state index in [4.69, 9.17) is 4.74 Å². The van der Waals surface area contributed by atoms with Gasteiger partial charge in [0.2, 0.25) is 0 Å². The van der Waals surface area contributed by atoms with Crippen LogP contribution in [-0.2, 0) is 4.79 Å². The lowest BCUT2D eigenvalue weighted by molar-refractivity contribution is -0.384. The summed E-state index contributed by atoms with van der Waals surface area (Å²) in [5.74, 6) is -0.128. The molecule has 0 saturated carbocycles. The van der Waals surface area contributed by atoms with Gasteiger partial charge in [-0.3, -0.25) is 14.9 Å². The van der Waals surface area contributed by atoms with Crippen LogP contribution in [0.4, 0.5) is 11.4 Å². The zero-order valence-electron chi connectivity index (χ0n) is 14.7. The summed E-state index contributed by atoms with van der Waals surface area (Å²) in [5, 5.41) is 22.9. The van der Waals surface area contributed by atoms with E-state index >= 15 is 0 Å². The number of amides is 1. The summed E-state index contributed by atoms with van der Waals surface area (Å²) in [5.41, 5.74) is 1.18. The zero-order valence-corrected chi connectivity index (χ0v) is 16.2. The third kappa shape index (κ3) is 5.15. The molecule has 138 valence electrons. The number of halogens is 1. The minimum Gasteiger partial charge on any atom is -0.493 e. The number of anilines is 1. The Morgan fingerprint density at radius 1 is 1.37 bits per heavy atom. The minimum atomic E-state index is -0.663. The number of ether oxygens (including phenoxy) is 1. The highest BCUT2D eigenvalue weighted by molar-refractivity contribution is 9.10. The van der Waals surface area contributed by atoms with E-state index in [1.54, 1.807) is 25.1 Å². The molecule has 0 heterocycles. The van der Waals surface area contributed by atoms with Crippen LogP contribution in [0.2, 0.25) is 0 Å². The topological polar surface area (TPSA) is 105 Å². The number of nitriles is 1. The molecule has 2 aromatic rings. The van der Waals surface area contributed by atoms with Crippen LogP contribution in [-0.4, -0.2) is 17.4 Å². The molecule has 2 aromatic carbocycles. The standard InChI is InChI=1S/C19H16BrN3O4/c1-3-27-18-7-5-15(20)9-13(18)8-14(11-21)19(24)22-17-10-16(23(25)26)6-4-12(17)2/h4-10H,3H2,1-2H3,(H,22,24)/b14-8+. The first-order valence-corrected chi connectivity index (χ1v) is 8.75. The van der Waals surface area contributed by atoms with Gasteiger partial charge in [0.15, 0.2) is 0 Å². The summed E-state index contributed by atoms with van der Waals surface area (Å²) in [6.45, 7) is 3.97. The van der Waals surface area contributed by atoms with Crippen LogP contribution in [0, 0.1) is 28.4 Å². The summed E-state index contributed by atoms with van der Waals surface area (Å²) in [6.07, 6.45) is 1.41. The van der Waals surface area contributed by atoms with E-state index in [1.165, 1.54) is 24.3 Å². The fourth-order valence-corrected chi connectivity index (χ4v) is 2.65. The van der Waals surface area contributed by atoms with Crippen LogP contribution in [0.25, 0.3) is 6.08 Å². The molecule has 8 heteroatoms. The quantitative estimate of drug-likeness (QED) is 0.312. The van der Waals surface area contributed by atoms with E-state index in [0.717, 1.165) is 4.47 Å². The molecule has 0 saturated heterocycles. The lowest BCUT2D eigenvalue weighted by Crippen LogP contribution is -2.14. The van der Waals surface area contributed by atoms with Gasteiger partial charge in [-0.1, -0.05) is 22.0 Å². The highest BCUT2D eigenvalue weighted by Gasteiger charge is 2.15. The first-order valence-electron chi connectivity index (χ1n) is 7.96. The molecular weight excluding hydrogens is 414 g/mol. The zero-order chi connectivity index (χ0) is 20.0. The molecule has 7 nitrogen and oxygen atoms in total. The Morgan fingerprint density at radius 3 is 2.74 bits per heavy atom. The van der Waals surface area contributed by atoms with Crippen molar-refractivity contribution in [2.45, 2.75) is 13.8 Å². The van der Waals surface area contributed by atoms with E-state index < -0.39 is 10.8 Å². The summed E-state index contributed by atoms with van der Waals surface area (Å²) >= 11 is 3.35. The molecule has 0 fully saturated rings. The van der Waals surface area contributed by atoms with Crippen LogP contribution in [0.5, 0.6) is 5.75 Å². The van der Waals surface area contributed by atoms with Gasteiger partial charge in [-0.2, -0.15) is 5.26 Å². The highest BCUT2D eigenvalue weighted by atomic mass is 79.9. The van der Waals surface area contributed by atoms with E-state index in [0.29, 0.717) is 23.5 Å². The molecule has 0 atom stereocenters. The Bertz CT molecular complexity index is 964. The van der Waals surface area contributed by atoms with Crippen molar-refractivity contribution in [2.75, 3.05) is 11.9 Å². The highest BCUT2D eigenvalue weighted by Crippen LogP contribution is 2.27. The molecule has 0 spiro atoms. The van der Waals surface area contributed by atoms with E-state index in [2.05, 4.69) is 21.2 Å². The Labute approximate surface area is 164 Å². The lowest BCUT2D eigenvalue weighted by atomic mass is 10.1. The van der Waals surface area contributed by atoms with E-state index in [9.17, 15) is 20.2 Å². The van der Waals surface area contributed by atoms with Gasteiger partial charge in [0.25, 0.3) is 11.6 Å². The molecule has 0 aliphatic heterocycles. The number of carbonyl (C=O) groups excluding carboxylic acids is 1. The number of hydrogen-bond acceptors (Lipinski definition) is 5. The molecule has 0 bridgehead atoms. The summed E-state index contributed by atoms with van der Waals surface area (Å²) < 4.78 is 6.28. The van der Waals surface area contributed by atoms with Crippen molar-refractivity contribution in [1.82, 2.24) is 0 Å². The number of nitro benzene ring substituents is 1. The van der Waals surface area contributed by atoms with Gasteiger partial charge in [-0.15, -0.1) is 0 Å². The number of nitrogens with zero attached hydrogens (tertiary/aromatic N) is 2. The van der Waals surface area contributed by atoms with Crippen LogP contribution >= 0.6 is 15.9 Å². The fourth-order valence-electron chi connectivity index (χ4n) is 2.27. The van der Waals surface area contributed by atoms with Gasteiger partial charge in [0.1, 0.15) is 17.4 Å². The number of non-ortho nitro benzene ring substituents is 1. The van der Waals surface area contributed by atoms with Crippen molar-refractivity contribution in [3.05, 3.63) is 67.7 Å². The largest absolute Gasteiger partial charge is 0.493 e. The molecule has 27 heavy (non-hydrogen) atoms. The Morgan fingerprint density at radius 2 is 2.11 bits per heavy atom. The van der Waals surface area contributed by atoms with Crippen LogP contribution in [0.3, 0.4) is 0 Å². The van der Waals surface area contributed by atoms with Crippen LogP contribution in [0.1, 0.15) is 18.1 Å². The van der Waals surface area contributed by atoms with Crippen molar-refractivity contribution in [2.24, 2.45) is 0 Å². The smallest absolute Gasteiger partial charge is 0.271 e. The first-order chi connectivity index (χ1) is 12.8. The first kappa shape index (κ1) is 20.1. The lowest BCUT2D eigenvalue weighted by Gasteiger charge is -2.10. The summed E-state index contributed by atoms with van der Waals surface area (Å²) in [4.78, 5) is 22.9. The van der Waals surface area contributed by atoms with Crippen LogP contribution in [0.15, 0.2) is 46.4 Å². The summed E-state index contributed by atoms with van der Waals surface area (Å²) in [7, 11) is 0. The van der Waals surface area contributed by atoms with Crippen molar-refractivity contribution in [3.8, 4) is 11.8 Å². The molecule has 0 aliphatic rings. The average Bonchev–Trinajstić information content (AvgIpc) is 2.63. The fraction of sp³-hybridized carbons (Fsp3) is 0.158. The van der Waals surface area contributed by atoms with E-state index in [1.807, 2.05) is 13.0 Å². The maximum Gasteiger partial charge on any atom is 0.271 e. The normalized spacial score (nSPS) is 10.8. The summed E-state index contributed by atoms with van der Waals surface area (Å²) in [6, 6.07) is 11.3. The SMILES string of the molecule is CCOc1ccc(Br)cc1/C=C(\C#N)C(=O)Nc1cc([N+](=O)[O-])ccc1C. The van der Waals surface area contributed by atoms with Crippen LogP contribution < -0.4 is 10.1 Å². The monoisotopic (exact) mass is 429 g/mol. The Balaban J connectivity index is 2.36. The molecule has 0 unspecified atom stereocenters. The number of carbonyl (C=O) groups is 1. The van der Waals surface area contributed by atoms with Crippen molar-refractivity contribution in [1.29, 1.82) is 5.26 Å². The maximum absolute atomic E-state index is 12.5. The number of rotatable bonds is 6. The predicted octanol–water partition coefficient (Wildman–Crippen LogP) is 4.61. The number of nitrogens with one attached hydrogen (secondary N) is 1. The number of hydrogen-bond donors (Lipinski definition) is 1. The minimum absolute atomic E-state index is 0.149. The van der Waals surface area contributed by atoms with Crippen molar-refractivity contribution < 1.29 is 14.5 Å². The second-order valence-corrected chi connectivity index (χ2v) is 6.41. The predicted molar refractivity (Wildman–Crippen MR) is 105 cm³/mol. The van der Waals surface area contributed by atoms with Gasteiger partial charge in [0, 0.05) is 22.2 Å². The average molecular weight is 430 g/mol. The molecule has 1 amide bonds. The number of benzene rings is 2. The van der Waals surface area contributed by atoms with Gasteiger partial charge in [0.05, 0.1) is 17.2 Å². The van der Waals surface area contributed by atoms with Crippen molar-refractivity contribution >= 4 is 39.3 Å². The number of aryl methyl sites for hydroxylation is 1. The molecule has 2 rings (SSSR count).